The number of hydrogen-bond acceptors (Lipinski definition) is 3. The van der Waals surface area contributed by atoms with Crippen LogP contribution in [0.5, 0.6) is 5.75 Å². The van der Waals surface area contributed by atoms with Gasteiger partial charge in [-0.2, -0.15) is 0 Å². The molecule has 2 rings (SSSR count). The first-order chi connectivity index (χ1) is 9.54. The minimum absolute atomic E-state index is 0.510. The summed E-state index contributed by atoms with van der Waals surface area (Å²) in [4.78, 5) is 2.39. The first-order valence-corrected chi connectivity index (χ1v) is 7.64. The number of rotatable bonds is 4. The molecule has 0 aromatic heterocycles. The summed E-state index contributed by atoms with van der Waals surface area (Å²) in [5.41, 5.74) is 2.04. The lowest BCUT2D eigenvalue weighted by molar-refractivity contribution is 0.194. The van der Waals surface area contributed by atoms with Crippen LogP contribution in [0.15, 0.2) is 18.2 Å². The Morgan fingerprint density at radius 1 is 1.20 bits per heavy atom. The Hall–Kier alpha value is -1.22. The Kier molecular flexibility index (Phi) is 4.92. The fourth-order valence-corrected chi connectivity index (χ4v) is 3.21. The molecule has 3 heteroatoms. The van der Waals surface area contributed by atoms with Crippen LogP contribution in [-0.4, -0.2) is 25.3 Å². The quantitative estimate of drug-likeness (QED) is 0.912. The van der Waals surface area contributed by atoms with E-state index in [1.54, 1.807) is 7.11 Å². The molecule has 1 aromatic rings. The maximum absolute atomic E-state index is 10.1. The van der Waals surface area contributed by atoms with E-state index in [-0.39, 0.29) is 0 Å². The number of benzene rings is 1. The Labute approximate surface area is 122 Å². The zero-order chi connectivity index (χ0) is 14.7. The molecular formula is C17H27NO2. The maximum Gasteiger partial charge on any atom is 0.126 e. The van der Waals surface area contributed by atoms with Gasteiger partial charge in [0.15, 0.2) is 0 Å². The summed E-state index contributed by atoms with van der Waals surface area (Å²) in [6.07, 6.45) is 1.95. The molecule has 0 bridgehead atoms. The largest absolute Gasteiger partial charge is 0.496 e. The molecule has 0 amide bonds. The molecular weight excluding hydrogens is 250 g/mol. The van der Waals surface area contributed by atoms with Gasteiger partial charge in [0.05, 0.1) is 13.2 Å². The van der Waals surface area contributed by atoms with Crippen molar-refractivity contribution >= 4 is 5.69 Å². The summed E-state index contributed by atoms with van der Waals surface area (Å²) in [6, 6.07) is 6.03. The molecule has 1 aliphatic rings. The van der Waals surface area contributed by atoms with Crippen molar-refractivity contribution in [3.05, 3.63) is 23.8 Å². The molecule has 1 atom stereocenters. The number of nitrogens with zero attached hydrogens (tertiary/aromatic N) is 1. The Balaban J connectivity index is 2.21. The SMILES string of the molecule is COc1cccc(N2CCC(C(C)C)CC2)c1C(C)O. The second kappa shape index (κ2) is 6.49. The molecule has 0 aliphatic carbocycles. The van der Waals surface area contributed by atoms with Crippen LogP contribution in [0.25, 0.3) is 0 Å². The smallest absolute Gasteiger partial charge is 0.126 e. The number of piperidine rings is 1. The molecule has 0 spiro atoms. The molecule has 1 fully saturated rings. The van der Waals surface area contributed by atoms with Crippen molar-refractivity contribution in [1.82, 2.24) is 0 Å². The molecule has 1 aromatic carbocycles. The molecule has 0 saturated carbocycles. The predicted molar refractivity (Wildman–Crippen MR) is 83.4 cm³/mol. The molecule has 0 radical (unpaired) electrons. The van der Waals surface area contributed by atoms with E-state index in [1.807, 2.05) is 19.1 Å². The van der Waals surface area contributed by atoms with Crippen molar-refractivity contribution in [1.29, 1.82) is 0 Å². The van der Waals surface area contributed by atoms with Crippen LogP contribution < -0.4 is 9.64 Å². The van der Waals surface area contributed by atoms with Crippen LogP contribution in [0.1, 0.15) is 45.3 Å². The van der Waals surface area contributed by atoms with Crippen LogP contribution >= 0.6 is 0 Å². The molecule has 1 saturated heterocycles. The van der Waals surface area contributed by atoms with E-state index in [2.05, 4.69) is 24.8 Å². The van der Waals surface area contributed by atoms with Crippen molar-refractivity contribution < 1.29 is 9.84 Å². The van der Waals surface area contributed by atoms with Crippen LogP contribution in [0.2, 0.25) is 0 Å². The number of anilines is 1. The van der Waals surface area contributed by atoms with Crippen LogP contribution in [0.3, 0.4) is 0 Å². The molecule has 1 unspecified atom stereocenters. The highest BCUT2D eigenvalue weighted by Crippen LogP contribution is 2.37. The lowest BCUT2D eigenvalue weighted by Crippen LogP contribution is -2.36. The van der Waals surface area contributed by atoms with Crippen molar-refractivity contribution in [3.8, 4) is 5.75 Å². The normalized spacial score (nSPS) is 18.4. The lowest BCUT2D eigenvalue weighted by atomic mass is 9.86. The van der Waals surface area contributed by atoms with Crippen molar-refractivity contribution in [2.24, 2.45) is 11.8 Å². The van der Waals surface area contributed by atoms with E-state index in [4.69, 9.17) is 4.74 Å². The highest BCUT2D eigenvalue weighted by atomic mass is 16.5. The third kappa shape index (κ3) is 3.09. The van der Waals surface area contributed by atoms with Gasteiger partial charge in [-0.3, -0.25) is 0 Å². The van der Waals surface area contributed by atoms with Gasteiger partial charge in [-0.25, -0.2) is 0 Å². The third-order valence-corrected chi connectivity index (χ3v) is 4.50. The van der Waals surface area contributed by atoms with Gasteiger partial charge < -0.3 is 14.7 Å². The van der Waals surface area contributed by atoms with Gasteiger partial charge in [-0.1, -0.05) is 19.9 Å². The highest BCUT2D eigenvalue weighted by Gasteiger charge is 2.25. The fraction of sp³-hybridized carbons (Fsp3) is 0.647. The van der Waals surface area contributed by atoms with Crippen molar-refractivity contribution in [2.75, 3.05) is 25.1 Å². The van der Waals surface area contributed by atoms with E-state index in [1.165, 1.54) is 12.8 Å². The lowest BCUT2D eigenvalue weighted by Gasteiger charge is -2.37. The molecule has 20 heavy (non-hydrogen) atoms. The van der Waals surface area contributed by atoms with Gasteiger partial charge in [0.2, 0.25) is 0 Å². The fourth-order valence-electron chi connectivity index (χ4n) is 3.21. The summed E-state index contributed by atoms with van der Waals surface area (Å²) in [6.45, 7) is 8.56. The Bertz CT molecular complexity index is 435. The topological polar surface area (TPSA) is 32.7 Å². The third-order valence-electron chi connectivity index (χ3n) is 4.50. The molecule has 1 heterocycles. The number of aliphatic hydroxyl groups is 1. The van der Waals surface area contributed by atoms with Crippen LogP contribution in [0, 0.1) is 11.8 Å². The second-order valence-electron chi connectivity index (χ2n) is 6.14. The van der Waals surface area contributed by atoms with Gasteiger partial charge in [0.1, 0.15) is 5.75 Å². The number of hydrogen-bond donors (Lipinski definition) is 1. The summed E-state index contributed by atoms with van der Waals surface area (Å²) < 4.78 is 5.41. The van der Waals surface area contributed by atoms with E-state index in [0.717, 1.165) is 41.9 Å². The monoisotopic (exact) mass is 277 g/mol. The Morgan fingerprint density at radius 2 is 1.85 bits per heavy atom. The first kappa shape index (κ1) is 15.2. The number of aliphatic hydroxyl groups excluding tert-OH is 1. The van der Waals surface area contributed by atoms with E-state index in [9.17, 15) is 5.11 Å². The first-order valence-electron chi connectivity index (χ1n) is 7.64. The number of ether oxygens (including phenoxy) is 1. The highest BCUT2D eigenvalue weighted by molar-refractivity contribution is 5.60. The molecule has 112 valence electrons. The van der Waals surface area contributed by atoms with Crippen molar-refractivity contribution in [3.63, 3.8) is 0 Å². The van der Waals surface area contributed by atoms with Crippen LogP contribution in [-0.2, 0) is 0 Å². The second-order valence-corrected chi connectivity index (χ2v) is 6.14. The van der Waals surface area contributed by atoms with E-state index < -0.39 is 6.10 Å². The average Bonchev–Trinajstić information content (AvgIpc) is 2.46. The van der Waals surface area contributed by atoms with Gasteiger partial charge in [-0.15, -0.1) is 0 Å². The van der Waals surface area contributed by atoms with Gasteiger partial charge >= 0.3 is 0 Å². The standard InChI is InChI=1S/C17H27NO2/c1-12(2)14-8-10-18(11-9-14)15-6-5-7-16(20-4)17(15)13(3)19/h5-7,12-14,19H,8-11H2,1-4H3. The predicted octanol–water partition coefficient (Wildman–Crippen LogP) is 3.62. The minimum atomic E-state index is -0.510. The zero-order valence-corrected chi connectivity index (χ0v) is 13.1. The van der Waals surface area contributed by atoms with E-state index >= 15 is 0 Å². The van der Waals surface area contributed by atoms with Gasteiger partial charge in [0, 0.05) is 24.3 Å². The number of methoxy groups -OCH3 is 1. The van der Waals surface area contributed by atoms with Crippen LogP contribution in [0.4, 0.5) is 5.69 Å². The minimum Gasteiger partial charge on any atom is -0.496 e. The molecule has 1 aliphatic heterocycles. The zero-order valence-electron chi connectivity index (χ0n) is 13.1. The maximum atomic E-state index is 10.1. The summed E-state index contributed by atoms with van der Waals surface area (Å²) in [5, 5.41) is 10.1. The van der Waals surface area contributed by atoms with Gasteiger partial charge in [-0.05, 0) is 43.7 Å². The summed E-state index contributed by atoms with van der Waals surface area (Å²) in [5.74, 6) is 2.37. The molecule has 3 nitrogen and oxygen atoms in total. The molecule has 1 N–H and O–H groups in total. The summed E-state index contributed by atoms with van der Waals surface area (Å²) in [7, 11) is 1.66. The van der Waals surface area contributed by atoms with Crippen molar-refractivity contribution in [2.45, 2.75) is 39.7 Å². The Morgan fingerprint density at radius 3 is 2.35 bits per heavy atom. The van der Waals surface area contributed by atoms with Gasteiger partial charge in [0.25, 0.3) is 0 Å². The summed E-state index contributed by atoms with van der Waals surface area (Å²) >= 11 is 0. The van der Waals surface area contributed by atoms with E-state index in [0.29, 0.717) is 0 Å². The average molecular weight is 277 g/mol.